The van der Waals surface area contributed by atoms with Crippen molar-refractivity contribution in [3.05, 3.63) is 60.3 Å². The summed E-state index contributed by atoms with van der Waals surface area (Å²) in [6.07, 6.45) is 45.9. The Morgan fingerprint density at radius 3 is 1.24 bits per heavy atom. The lowest BCUT2D eigenvalue weighted by Crippen LogP contribution is -2.10. The third-order valence-electron chi connectivity index (χ3n) is 11.3. The van der Waals surface area contributed by atoms with E-state index in [0.29, 0.717) is 36.0 Å². The van der Waals surface area contributed by atoms with E-state index in [2.05, 4.69) is 19.2 Å². The number of anilines is 1. The highest BCUT2D eigenvalue weighted by Crippen LogP contribution is 2.30. The van der Waals surface area contributed by atoms with Crippen LogP contribution < -0.4 is 19.5 Å². The molecule has 0 spiro atoms. The van der Waals surface area contributed by atoms with Crippen molar-refractivity contribution in [2.24, 2.45) is 0 Å². The smallest absolute Gasteiger partial charge is 0.343 e. The van der Waals surface area contributed by atoms with Crippen LogP contribution in [0.2, 0.25) is 0 Å². The lowest BCUT2D eigenvalue weighted by molar-refractivity contribution is -0.112. The molecule has 0 fully saturated rings. The summed E-state index contributed by atoms with van der Waals surface area (Å²) in [4.78, 5) is 24.3. The number of nitrogens with one attached hydrogen (secondary N) is 1. The van der Waals surface area contributed by atoms with Gasteiger partial charge in [0.2, 0.25) is 0 Å². The third kappa shape index (κ3) is 29.6. The average Bonchev–Trinajstić information content (AvgIpc) is 3.23. The highest BCUT2D eigenvalue weighted by Gasteiger charge is 2.14. The lowest BCUT2D eigenvalue weighted by atomic mass is 10.0. The Labute approximate surface area is 362 Å². The van der Waals surface area contributed by atoms with Crippen molar-refractivity contribution < 1.29 is 23.8 Å². The molecule has 0 heterocycles. The largest absolute Gasteiger partial charge is 0.490 e. The molecule has 0 radical (unpaired) electrons. The summed E-state index contributed by atoms with van der Waals surface area (Å²) in [5, 5.41) is 3.04. The Balaban J connectivity index is 1.71. The number of unbranched alkanes of at least 4 members (excludes halogenated alkanes) is 30. The monoisotopic (exact) mass is 818 g/mol. The second-order valence-corrected chi connectivity index (χ2v) is 17.0. The standard InChI is InChI=1S/C53H87NO5/c1-4-6-8-10-12-14-16-18-20-22-24-26-28-30-32-34-44-57-51-41-36-48(53(56)59-50-39-37-49(38-40-50)54-43-42-47(3)55)46-52(51)58-45-35-33-31-29-27-25-23-21-19-17-15-13-11-9-7-5-2/h36-43,46,54H,4-35,44-45H2,1-3H3/b43-42-. The molecule has 0 unspecified atom stereocenters. The molecule has 334 valence electrons. The minimum Gasteiger partial charge on any atom is -0.490 e. The molecule has 0 atom stereocenters. The molecule has 0 saturated carbocycles. The van der Waals surface area contributed by atoms with Crippen molar-refractivity contribution in [2.45, 2.75) is 226 Å². The van der Waals surface area contributed by atoms with Gasteiger partial charge in [0.15, 0.2) is 17.3 Å². The van der Waals surface area contributed by atoms with Crippen molar-refractivity contribution in [2.75, 3.05) is 18.5 Å². The molecule has 6 nitrogen and oxygen atoms in total. The quantitative estimate of drug-likeness (QED) is 0.0312. The molecular weight excluding hydrogens is 731 g/mol. The molecule has 0 aliphatic heterocycles. The van der Waals surface area contributed by atoms with E-state index in [1.807, 2.05) is 6.07 Å². The Bertz CT molecular complexity index is 1320. The van der Waals surface area contributed by atoms with E-state index in [0.717, 1.165) is 24.9 Å². The molecule has 0 aromatic heterocycles. The Kier molecular flexibility index (Phi) is 33.1. The van der Waals surface area contributed by atoms with E-state index in [4.69, 9.17) is 14.2 Å². The number of carbonyl (C=O) groups excluding carboxylic acids is 2. The third-order valence-corrected chi connectivity index (χ3v) is 11.3. The van der Waals surface area contributed by atoms with Gasteiger partial charge in [0, 0.05) is 11.9 Å². The van der Waals surface area contributed by atoms with Crippen LogP contribution >= 0.6 is 0 Å². The van der Waals surface area contributed by atoms with Crippen LogP contribution in [0.3, 0.4) is 0 Å². The van der Waals surface area contributed by atoms with E-state index in [9.17, 15) is 9.59 Å². The van der Waals surface area contributed by atoms with Crippen LogP contribution in [0.5, 0.6) is 17.2 Å². The summed E-state index contributed by atoms with van der Waals surface area (Å²) in [5.41, 5.74) is 1.21. The fraction of sp³-hybridized carbons (Fsp3) is 0.698. The average molecular weight is 818 g/mol. The van der Waals surface area contributed by atoms with Crippen LogP contribution in [-0.2, 0) is 4.79 Å². The molecule has 2 aromatic rings. The van der Waals surface area contributed by atoms with Gasteiger partial charge in [-0.05, 0) is 68.3 Å². The predicted molar refractivity (Wildman–Crippen MR) is 251 cm³/mol. The molecule has 1 N–H and O–H groups in total. The first-order valence-corrected chi connectivity index (χ1v) is 24.7. The van der Waals surface area contributed by atoms with Gasteiger partial charge in [-0.2, -0.15) is 0 Å². The number of ether oxygens (including phenoxy) is 3. The SMILES string of the molecule is CCCCCCCCCCCCCCCCCCOc1ccc(C(=O)Oc2ccc(N/C=C\C(C)=O)cc2)cc1OCCCCCCCCCCCCCCCCCC. The highest BCUT2D eigenvalue weighted by molar-refractivity contribution is 5.92. The van der Waals surface area contributed by atoms with Crippen LogP contribution in [0, 0.1) is 0 Å². The summed E-state index contributed by atoms with van der Waals surface area (Å²) in [5.74, 6) is 1.25. The van der Waals surface area contributed by atoms with Crippen molar-refractivity contribution in [1.29, 1.82) is 0 Å². The molecule has 0 bridgehead atoms. The minimum absolute atomic E-state index is 0.0342. The van der Waals surface area contributed by atoms with Gasteiger partial charge in [-0.25, -0.2) is 4.79 Å². The van der Waals surface area contributed by atoms with E-state index < -0.39 is 5.97 Å². The zero-order chi connectivity index (χ0) is 42.3. The zero-order valence-corrected chi connectivity index (χ0v) is 38.3. The van der Waals surface area contributed by atoms with E-state index >= 15 is 0 Å². The van der Waals surface area contributed by atoms with E-state index in [1.54, 1.807) is 42.6 Å². The maximum absolute atomic E-state index is 13.2. The number of hydrogen-bond donors (Lipinski definition) is 1. The number of carbonyl (C=O) groups is 2. The molecule has 0 saturated heterocycles. The first-order chi connectivity index (χ1) is 29.0. The number of allylic oxidation sites excluding steroid dienone is 1. The van der Waals surface area contributed by atoms with Gasteiger partial charge in [0.05, 0.1) is 18.8 Å². The van der Waals surface area contributed by atoms with Gasteiger partial charge in [0.25, 0.3) is 0 Å². The van der Waals surface area contributed by atoms with Crippen molar-refractivity contribution in [3.63, 3.8) is 0 Å². The molecule has 0 amide bonds. The summed E-state index contributed by atoms with van der Waals surface area (Å²) in [7, 11) is 0. The van der Waals surface area contributed by atoms with Gasteiger partial charge in [-0.1, -0.05) is 206 Å². The van der Waals surface area contributed by atoms with Crippen molar-refractivity contribution in [1.82, 2.24) is 0 Å². The Morgan fingerprint density at radius 2 is 0.847 bits per heavy atom. The van der Waals surface area contributed by atoms with E-state index in [1.165, 1.54) is 199 Å². The first-order valence-electron chi connectivity index (χ1n) is 24.7. The van der Waals surface area contributed by atoms with Crippen LogP contribution in [0.4, 0.5) is 5.69 Å². The van der Waals surface area contributed by atoms with Gasteiger partial charge < -0.3 is 19.5 Å². The van der Waals surface area contributed by atoms with Gasteiger partial charge >= 0.3 is 5.97 Å². The normalized spacial score (nSPS) is 11.3. The lowest BCUT2D eigenvalue weighted by Gasteiger charge is -2.14. The van der Waals surface area contributed by atoms with Gasteiger partial charge in [-0.15, -0.1) is 0 Å². The Hall–Kier alpha value is -3.28. The molecular formula is C53H87NO5. The summed E-state index contributed by atoms with van der Waals surface area (Å²) < 4.78 is 18.2. The molecule has 0 aliphatic carbocycles. The minimum atomic E-state index is -0.446. The van der Waals surface area contributed by atoms with Crippen LogP contribution in [0.15, 0.2) is 54.7 Å². The van der Waals surface area contributed by atoms with Gasteiger partial charge in [-0.3, -0.25) is 4.79 Å². The fourth-order valence-corrected chi connectivity index (χ4v) is 7.57. The Morgan fingerprint density at radius 1 is 0.475 bits per heavy atom. The molecule has 0 aliphatic rings. The predicted octanol–water partition coefficient (Wildman–Crippen LogP) is 16.7. The fourth-order valence-electron chi connectivity index (χ4n) is 7.57. The maximum Gasteiger partial charge on any atom is 0.343 e. The van der Waals surface area contributed by atoms with E-state index in [-0.39, 0.29) is 5.78 Å². The number of benzene rings is 2. The molecule has 59 heavy (non-hydrogen) atoms. The molecule has 2 aromatic carbocycles. The van der Waals surface area contributed by atoms with Crippen molar-refractivity contribution in [3.8, 4) is 17.2 Å². The van der Waals surface area contributed by atoms with Crippen LogP contribution in [0.1, 0.15) is 237 Å². The molecule has 6 heteroatoms. The zero-order valence-electron chi connectivity index (χ0n) is 38.3. The topological polar surface area (TPSA) is 73.9 Å². The van der Waals surface area contributed by atoms with Crippen molar-refractivity contribution >= 4 is 17.4 Å². The summed E-state index contributed by atoms with van der Waals surface area (Å²) in [6.45, 7) is 7.31. The molecule has 2 rings (SSSR count). The number of ketones is 1. The number of esters is 1. The van der Waals surface area contributed by atoms with Crippen LogP contribution in [0.25, 0.3) is 0 Å². The maximum atomic E-state index is 13.2. The first kappa shape index (κ1) is 51.9. The number of rotatable bonds is 41. The number of hydrogen-bond acceptors (Lipinski definition) is 6. The highest BCUT2D eigenvalue weighted by atomic mass is 16.5. The van der Waals surface area contributed by atoms with Crippen LogP contribution in [-0.4, -0.2) is 25.0 Å². The summed E-state index contributed by atoms with van der Waals surface area (Å²) >= 11 is 0. The second-order valence-electron chi connectivity index (χ2n) is 17.0. The van der Waals surface area contributed by atoms with Gasteiger partial charge in [0.1, 0.15) is 5.75 Å². The summed E-state index contributed by atoms with van der Waals surface area (Å²) in [6, 6.07) is 12.4. The second kappa shape index (κ2) is 37.7.